The Morgan fingerprint density at radius 1 is 1.10 bits per heavy atom. The smallest absolute Gasteiger partial charge is 0.150 e. The van der Waals surface area contributed by atoms with E-state index >= 15 is 0 Å². The van der Waals surface area contributed by atoms with E-state index in [-0.39, 0.29) is 0 Å². The number of anilines is 1. The molecule has 156 valence electrons. The summed E-state index contributed by atoms with van der Waals surface area (Å²) in [6, 6.07) is 16.6. The monoisotopic (exact) mass is 404 g/mol. The van der Waals surface area contributed by atoms with Crippen molar-refractivity contribution in [2.75, 3.05) is 39.5 Å². The second-order valence-electron chi connectivity index (χ2n) is 6.98. The van der Waals surface area contributed by atoms with E-state index in [9.17, 15) is 4.79 Å². The second-order valence-corrected chi connectivity index (χ2v) is 6.98. The van der Waals surface area contributed by atoms with Gasteiger partial charge >= 0.3 is 0 Å². The summed E-state index contributed by atoms with van der Waals surface area (Å²) in [6.07, 6.45) is 1.79. The number of carbonyl (C=O) groups excluding carboxylic acids is 1. The number of aromatic nitrogens is 2. The fourth-order valence-electron chi connectivity index (χ4n) is 2.77. The van der Waals surface area contributed by atoms with Gasteiger partial charge in [0.25, 0.3) is 0 Å². The number of hydrogen-bond acceptors (Lipinski definition) is 7. The van der Waals surface area contributed by atoms with Crippen molar-refractivity contribution in [1.29, 1.82) is 5.26 Å². The first-order valence-corrected chi connectivity index (χ1v) is 9.81. The Bertz CT molecular complexity index is 996. The number of rotatable bonds is 8. The standard InChI is InChI=1S/C15H23N5.C8H5NO/c1-16-9-6-10-17-15-12-7-4-5-8-13(12)18-14(19-15)11-20(2)3;9-5-7-2-1-3-8(4-7)6-10/h4-5,7-8,16H,6,9-11H2,1-3H3,(H,17,18,19);1-4,6H. The van der Waals surface area contributed by atoms with Crippen LogP contribution in [0.2, 0.25) is 0 Å². The molecule has 0 unspecified atom stereocenters. The quantitative estimate of drug-likeness (QED) is 0.440. The largest absolute Gasteiger partial charge is 0.369 e. The predicted molar refractivity (Wildman–Crippen MR) is 121 cm³/mol. The molecule has 7 heteroatoms. The van der Waals surface area contributed by atoms with Crippen molar-refractivity contribution >= 4 is 23.0 Å². The minimum absolute atomic E-state index is 0.518. The molecule has 0 amide bonds. The fourth-order valence-corrected chi connectivity index (χ4v) is 2.77. The van der Waals surface area contributed by atoms with E-state index in [0.29, 0.717) is 11.1 Å². The molecule has 0 spiro atoms. The summed E-state index contributed by atoms with van der Waals surface area (Å²) in [7, 11) is 6.02. The van der Waals surface area contributed by atoms with Crippen molar-refractivity contribution in [1.82, 2.24) is 20.2 Å². The summed E-state index contributed by atoms with van der Waals surface area (Å²) >= 11 is 0. The van der Waals surface area contributed by atoms with Gasteiger partial charge < -0.3 is 15.5 Å². The molecule has 0 saturated carbocycles. The number of para-hydroxylation sites is 1. The molecular weight excluding hydrogens is 376 g/mol. The molecule has 3 aromatic rings. The first-order chi connectivity index (χ1) is 14.6. The minimum Gasteiger partial charge on any atom is -0.369 e. The SMILES string of the molecule is CNCCCNc1nc(CN(C)C)nc2ccccc12.N#Cc1cccc(C=O)c1. The van der Waals surface area contributed by atoms with E-state index in [0.717, 1.165) is 54.9 Å². The molecule has 0 atom stereocenters. The molecule has 0 saturated heterocycles. The molecular formula is C23H28N6O. The maximum atomic E-state index is 10.2. The van der Waals surface area contributed by atoms with Gasteiger partial charge in [-0.3, -0.25) is 4.79 Å². The normalized spacial score (nSPS) is 10.2. The molecule has 0 aliphatic carbocycles. The number of fused-ring (bicyclic) bond motifs is 1. The summed E-state index contributed by atoms with van der Waals surface area (Å²) in [5, 5.41) is 16.1. The Morgan fingerprint density at radius 3 is 2.60 bits per heavy atom. The van der Waals surface area contributed by atoms with Crippen molar-refractivity contribution in [2.24, 2.45) is 0 Å². The molecule has 0 radical (unpaired) electrons. The van der Waals surface area contributed by atoms with Gasteiger partial charge in [0.2, 0.25) is 0 Å². The molecule has 1 aromatic heterocycles. The van der Waals surface area contributed by atoms with E-state index < -0.39 is 0 Å². The third-order valence-electron chi connectivity index (χ3n) is 4.15. The van der Waals surface area contributed by atoms with Crippen LogP contribution in [0.5, 0.6) is 0 Å². The van der Waals surface area contributed by atoms with Crippen molar-refractivity contribution in [3.8, 4) is 6.07 Å². The van der Waals surface area contributed by atoms with Gasteiger partial charge in [-0.05, 0) is 58.4 Å². The van der Waals surface area contributed by atoms with E-state index in [1.54, 1.807) is 24.3 Å². The van der Waals surface area contributed by atoms with Crippen LogP contribution in [0.1, 0.15) is 28.2 Å². The summed E-state index contributed by atoms with van der Waals surface area (Å²) in [5.74, 6) is 1.79. The number of hydrogen-bond donors (Lipinski definition) is 2. The van der Waals surface area contributed by atoms with Gasteiger partial charge in [0.1, 0.15) is 17.9 Å². The highest BCUT2D eigenvalue weighted by Crippen LogP contribution is 2.20. The van der Waals surface area contributed by atoms with Gasteiger partial charge in [0, 0.05) is 17.5 Å². The molecule has 3 rings (SSSR count). The van der Waals surface area contributed by atoms with Crippen LogP contribution >= 0.6 is 0 Å². The summed E-state index contributed by atoms with van der Waals surface area (Å²) in [6.45, 7) is 2.65. The van der Waals surface area contributed by atoms with Crippen LogP contribution in [0.15, 0.2) is 48.5 Å². The lowest BCUT2D eigenvalue weighted by Crippen LogP contribution is -2.16. The molecule has 0 fully saturated rings. The highest BCUT2D eigenvalue weighted by atomic mass is 16.1. The van der Waals surface area contributed by atoms with E-state index in [1.165, 1.54) is 0 Å². The number of aldehydes is 1. The Morgan fingerprint density at radius 2 is 1.90 bits per heavy atom. The second kappa shape index (κ2) is 12.3. The van der Waals surface area contributed by atoms with Crippen molar-refractivity contribution in [2.45, 2.75) is 13.0 Å². The third-order valence-corrected chi connectivity index (χ3v) is 4.15. The highest BCUT2D eigenvalue weighted by molar-refractivity contribution is 5.88. The van der Waals surface area contributed by atoms with Crippen LogP contribution in [-0.4, -0.2) is 55.4 Å². The highest BCUT2D eigenvalue weighted by Gasteiger charge is 2.07. The molecule has 0 aliphatic heterocycles. The third kappa shape index (κ3) is 7.24. The van der Waals surface area contributed by atoms with Gasteiger partial charge in [-0.15, -0.1) is 0 Å². The van der Waals surface area contributed by atoms with Crippen LogP contribution < -0.4 is 10.6 Å². The number of nitriles is 1. The molecule has 0 bridgehead atoms. The molecule has 1 heterocycles. The lowest BCUT2D eigenvalue weighted by atomic mass is 10.2. The van der Waals surface area contributed by atoms with E-state index in [2.05, 4.69) is 31.6 Å². The van der Waals surface area contributed by atoms with Gasteiger partial charge in [-0.25, -0.2) is 9.97 Å². The zero-order valence-electron chi connectivity index (χ0n) is 17.7. The molecule has 7 nitrogen and oxygen atoms in total. The lowest BCUT2D eigenvalue weighted by Gasteiger charge is -2.13. The Labute approximate surface area is 177 Å². The van der Waals surface area contributed by atoms with Crippen LogP contribution in [-0.2, 0) is 6.54 Å². The summed E-state index contributed by atoms with van der Waals surface area (Å²) < 4.78 is 0. The molecule has 0 aliphatic rings. The van der Waals surface area contributed by atoms with Crippen LogP contribution in [0.25, 0.3) is 10.9 Å². The van der Waals surface area contributed by atoms with Crippen LogP contribution in [0, 0.1) is 11.3 Å². The van der Waals surface area contributed by atoms with Crippen molar-refractivity contribution in [3.05, 3.63) is 65.5 Å². The molecule has 30 heavy (non-hydrogen) atoms. The Kier molecular flexibility index (Phi) is 9.38. The van der Waals surface area contributed by atoms with Crippen LogP contribution in [0.4, 0.5) is 5.82 Å². The zero-order valence-corrected chi connectivity index (χ0v) is 17.7. The van der Waals surface area contributed by atoms with Crippen molar-refractivity contribution in [3.63, 3.8) is 0 Å². The Balaban J connectivity index is 0.000000269. The van der Waals surface area contributed by atoms with Crippen molar-refractivity contribution < 1.29 is 4.79 Å². The van der Waals surface area contributed by atoms with Gasteiger partial charge in [0.15, 0.2) is 0 Å². The maximum absolute atomic E-state index is 10.2. The first-order valence-electron chi connectivity index (χ1n) is 9.81. The predicted octanol–water partition coefficient (Wildman–Crippen LogP) is 3.08. The number of carbonyl (C=O) groups is 1. The average molecular weight is 405 g/mol. The lowest BCUT2D eigenvalue weighted by molar-refractivity contribution is 0.112. The number of benzene rings is 2. The average Bonchev–Trinajstić information content (AvgIpc) is 2.76. The van der Waals surface area contributed by atoms with Gasteiger partial charge in [-0.2, -0.15) is 5.26 Å². The van der Waals surface area contributed by atoms with E-state index in [4.69, 9.17) is 5.26 Å². The molecule has 2 aromatic carbocycles. The van der Waals surface area contributed by atoms with Crippen LogP contribution in [0.3, 0.4) is 0 Å². The van der Waals surface area contributed by atoms with Gasteiger partial charge in [0.05, 0.1) is 23.7 Å². The number of nitrogens with zero attached hydrogens (tertiary/aromatic N) is 4. The maximum Gasteiger partial charge on any atom is 0.150 e. The number of nitrogens with one attached hydrogen (secondary N) is 2. The molecule has 2 N–H and O–H groups in total. The first kappa shape index (κ1) is 22.9. The Hall–Kier alpha value is -3.34. The fraction of sp³-hybridized carbons (Fsp3) is 0.304. The van der Waals surface area contributed by atoms with Gasteiger partial charge in [-0.1, -0.05) is 24.3 Å². The van der Waals surface area contributed by atoms with E-state index in [1.807, 2.05) is 45.4 Å². The summed E-state index contributed by atoms with van der Waals surface area (Å²) in [4.78, 5) is 21.5. The minimum atomic E-state index is 0.518. The topological polar surface area (TPSA) is 93.9 Å². The zero-order chi connectivity index (χ0) is 21.8. The summed E-state index contributed by atoms with van der Waals surface area (Å²) in [5.41, 5.74) is 2.05.